The van der Waals surface area contributed by atoms with E-state index in [1.807, 2.05) is 32.0 Å². The highest BCUT2D eigenvalue weighted by atomic mass is 19.4. The number of halogens is 3. The molecule has 0 fully saturated rings. The van der Waals surface area contributed by atoms with E-state index in [2.05, 4.69) is 20.5 Å². The third-order valence-electron chi connectivity index (χ3n) is 8.94. The lowest BCUT2D eigenvalue weighted by molar-refractivity contribution is -0.137. The average Bonchev–Trinajstić information content (AvgIpc) is 3.26. The number of pyridine rings is 1. The predicted molar refractivity (Wildman–Crippen MR) is 221 cm³/mol. The summed E-state index contributed by atoms with van der Waals surface area (Å²) in [5.74, 6) is -0.845. The lowest BCUT2D eigenvalue weighted by Gasteiger charge is -2.23. The SMILES string of the molecule is CCN(CC)c1ccc(NC(=O)c2cccc(COCCOCCOCCOCCOCCOCCO)c2)c(-c2cc(C(=O)NCc3cccc(C(F)(F)F)c3)ccn2)c1. The number of amides is 2. The summed E-state index contributed by atoms with van der Waals surface area (Å²) in [7, 11) is 0. The first-order valence-corrected chi connectivity index (χ1v) is 19.9. The summed E-state index contributed by atoms with van der Waals surface area (Å²) in [6.45, 7) is 10.2. The van der Waals surface area contributed by atoms with Crippen molar-refractivity contribution < 1.29 is 56.3 Å². The van der Waals surface area contributed by atoms with E-state index in [4.69, 9.17) is 33.5 Å². The molecule has 326 valence electrons. The lowest BCUT2D eigenvalue weighted by Crippen LogP contribution is -2.23. The summed E-state index contributed by atoms with van der Waals surface area (Å²) >= 11 is 0. The van der Waals surface area contributed by atoms with Gasteiger partial charge in [-0.05, 0) is 79.6 Å². The van der Waals surface area contributed by atoms with Crippen LogP contribution in [0.3, 0.4) is 0 Å². The van der Waals surface area contributed by atoms with Gasteiger partial charge >= 0.3 is 6.18 Å². The number of aliphatic hydroxyl groups excluding tert-OH is 1. The molecule has 3 N–H and O–H groups in total. The fraction of sp³-hybridized carbons (Fsp3) is 0.432. The van der Waals surface area contributed by atoms with Gasteiger partial charge in [-0.2, -0.15) is 13.2 Å². The Kier molecular flexibility index (Phi) is 20.9. The van der Waals surface area contributed by atoms with Crippen molar-refractivity contribution in [2.24, 2.45) is 0 Å². The Bertz CT molecular complexity index is 1900. The zero-order valence-electron chi connectivity index (χ0n) is 34.1. The number of carbonyl (C=O) groups excluding carboxylic acids is 2. The molecule has 1 heterocycles. The molecule has 16 heteroatoms. The molecular formula is C44H55F3N4O9. The smallest absolute Gasteiger partial charge is 0.394 e. The van der Waals surface area contributed by atoms with Crippen LogP contribution in [-0.2, 0) is 47.7 Å². The Labute approximate surface area is 349 Å². The second kappa shape index (κ2) is 26.3. The molecule has 3 aromatic carbocycles. The molecule has 0 aliphatic carbocycles. The Balaban J connectivity index is 1.26. The van der Waals surface area contributed by atoms with Crippen LogP contribution in [0, 0.1) is 0 Å². The van der Waals surface area contributed by atoms with Crippen LogP contribution >= 0.6 is 0 Å². The monoisotopic (exact) mass is 840 g/mol. The largest absolute Gasteiger partial charge is 0.416 e. The molecule has 0 saturated carbocycles. The summed E-state index contributed by atoms with van der Waals surface area (Å²) < 4.78 is 72.4. The van der Waals surface area contributed by atoms with Gasteiger partial charge in [-0.25, -0.2) is 0 Å². The molecule has 13 nitrogen and oxygen atoms in total. The summed E-state index contributed by atoms with van der Waals surface area (Å²) in [6, 6.07) is 20.6. The molecule has 0 bridgehead atoms. The van der Waals surface area contributed by atoms with Gasteiger partial charge in [0.05, 0.1) is 103 Å². The standard InChI is InChI=1S/C44H55F3N4O9/c1-3-51(4-2)38-11-12-40(39(30-38)41-29-36(13-14-48-41)42(53)49-31-33-7-6-10-37(28-33)44(45,46)47)50-43(54)35-9-5-8-34(27-35)32-60-26-25-59-24-23-58-22-21-57-20-19-56-18-17-55-16-15-52/h5-14,27-30,52H,3-4,15-26,31-32H2,1-2H3,(H,49,53)(H,50,54). The minimum atomic E-state index is -4.49. The number of ether oxygens (including phenoxy) is 6. The van der Waals surface area contributed by atoms with Crippen LogP contribution < -0.4 is 15.5 Å². The Morgan fingerprint density at radius 3 is 1.87 bits per heavy atom. The normalized spacial score (nSPS) is 11.4. The number of alkyl halides is 3. The average molecular weight is 841 g/mol. The van der Waals surface area contributed by atoms with Gasteiger partial charge in [-0.3, -0.25) is 14.6 Å². The van der Waals surface area contributed by atoms with Crippen LogP contribution in [0.1, 0.15) is 51.3 Å². The number of anilines is 2. The molecule has 0 spiro atoms. The second-order valence-corrected chi connectivity index (χ2v) is 13.2. The van der Waals surface area contributed by atoms with Crippen LogP contribution in [-0.4, -0.2) is 114 Å². The predicted octanol–water partition coefficient (Wildman–Crippen LogP) is 6.39. The number of rotatable bonds is 28. The van der Waals surface area contributed by atoms with E-state index in [1.165, 1.54) is 24.4 Å². The number of nitrogens with zero attached hydrogens (tertiary/aromatic N) is 2. The molecule has 0 radical (unpaired) electrons. The third kappa shape index (κ3) is 16.6. The van der Waals surface area contributed by atoms with E-state index in [9.17, 15) is 22.8 Å². The van der Waals surface area contributed by atoms with Gasteiger partial charge in [0.25, 0.3) is 11.8 Å². The molecular weight excluding hydrogens is 785 g/mol. The fourth-order valence-corrected chi connectivity index (χ4v) is 5.85. The zero-order chi connectivity index (χ0) is 43.0. The number of hydrogen-bond donors (Lipinski definition) is 3. The second-order valence-electron chi connectivity index (χ2n) is 13.2. The van der Waals surface area contributed by atoms with Crippen LogP contribution in [0.5, 0.6) is 0 Å². The Morgan fingerprint density at radius 2 is 1.25 bits per heavy atom. The van der Waals surface area contributed by atoms with E-state index in [0.717, 1.165) is 36.5 Å². The van der Waals surface area contributed by atoms with E-state index in [1.54, 1.807) is 30.3 Å². The molecule has 0 unspecified atom stereocenters. The van der Waals surface area contributed by atoms with Gasteiger partial charge in [0.15, 0.2) is 0 Å². The topological polar surface area (TPSA) is 150 Å². The van der Waals surface area contributed by atoms with Crippen molar-refractivity contribution in [1.82, 2.24) is 10.3 Å². The van der Waals surface area contributed by atoms with E-state index >= 15 is 0 Å². The molecule has 0 aliphatic rings. The first-order chi connectivity index (χ1) is 29.1. The fourth-order valence-electron chi connectivity index (χ4n) is 5.85. The summed E-state index contributed by atoms with van der Waals surface area (Å²) in [6.07, 6.45) is -3.02. The first kappa shape index (κ1) is 47.7. The van der Waals surface area contributed by atoms with E-state index < -0.39 is 17.6 Å². The molecule has 4 aromatic rings. The Hall–Kier alpha value is -4.94. The summed E-state index contributed by atoms with van der Waals surface area (Å²) in [4.78, 5) is 33.5. The minimum absolute atomic E-state index is 0.00457. The third-order valence-corrected chi connectivity index (χ3v) is 8.94. The van der Waals surface area contributed by atoms with Crippen molar-refractivity contribution >= 4 is 23.2 Å². The molecule has 0 saturated heterocycles. The van der Waals surface area contributed by atoms with Crippen molar-refractivity contribution in [1.29, 1.82) is 0 Å². The number of benzene rings is 3. The van der Waals surface area contributed by atoms with Gasteiger partial charge in [0, 0.05) is 48.2 Å². The van der Waals surface area contributed by atoms with Crippen LogP contribution in [0.25, 0.3) is 11.3 Å². The number of aliphatic hydroxyl groups is 1. The van der Waals surface area contributed by atoms with Gasteiger partial charge in [-0.15, -0.1) is 0 Å². The highest BCUT2D eigenvalue weighted by Crippen LogP contribution is 2.33. The minimum Gasteiger partial charge on any atom is -0.394 e. The van der Waals surface area contributed by atoms with E-state index in [0.29, 0.717) is 101 Å². The highest BCUT2D eigenvalue weighted by Gasteiger charge is 2.30. The van der Waals surface area contributed by atoms with Crippen LogP contribution in [0.4, 0.5) is 24.5 Å². The number of aromatic nitrogens is 1. The van der Waals surface area contributed by atoms with Crippen molar-refractivity contribution in [2.45, 2.75) is 33.2 Å². The van der Waals surface area contributed by atoms with Crippen LogP contribution in [0.15, 0.2) is 85.1 Å². The van der Waals surface area contributed by atoms with Gasteiger partial charge in [0.2, 0.25) is 0 Å². The lowest BCUT2D eigenvalue weighted by atomic mass is 10.0. The molecule has 0 atom stereocenters. The summed E-state index contributed by atoms with van der Waals surface area (Å²) in [5, 5.41) is 14.3. The molecule has 60 heavy (non-hydrogen) atoms. The molecule has 1 aromatic heterocycles. The van der Waals surface area contributed by atoms with Crippen molar-refractivity contribution in [2.75, 3.05) is 103 Å². The summed E-state index contributed by atoms with van der Waals surface area (Å²) in [5.41, 5.74) is 3.36. The Morgan fingerprint density at radius 1 is 0.667 bits per heavy atom. The van der Waals surface area contributed by atoms with Gasteiger partial charge < -0.3 is 49.1 Å². The molecule has 4 rings (SSSR count). The highest BCUT2D eigenvalue weighted by molar-refractivity contribution is 6.06. The quantitative estimate of drug-likeness (QED) is 0.0547. The molecule has 2 amide bonds. The van der Waals surface area contributed by atoms with Crippen LogP contribution in [0.2, 0.25) is 0 Å². The zero-order valence-corrected chi connectivity index (χ0v) is 34.1. The maximum absolute atomic E-state index is 13.6. The number of nitrogens with one attached hydrogen (secondary N) is 2. The van der Waals surface area contributed by atoms with Crippen molar-refractivity contribution in [3.05, 3.63) is 113 Å². The van der Waals surface area contributed by atoms with Crippen molar-refractivity contribution in [3.8, 4) is 11.3 Å². The maximum atomic E-state index is 13.6. The van der Waals surface area contributed by atoms with Gasteiger partial charge in [-0.1, -0.05) is 24.3 Å². The maximum Gasteiger partial charge on any atom is 0.416 e. The molecule has 0 aliphatic heterocycles. The van der Waals surface area contributed by atoms with Gasteiger partial charge in [0.1, 0.15) is 0 Å². The van der Waals surface area contributed by atoms with E-state index in [-0.39, 0.29) is 31.2 Å². The van der Waals surface area contributed by atoms with Crippen molar-refractivity contribution in [3.63, 3.8) is 0 Å². The number of hydrogen-bond acceptors (Lipinski definition) is 11. The number of carbonyl (C=O) groups is 2. The first-order valence-electron chi connectivity index (χ1n) is 19.9.